The van der Waals surface area contributed by atoms with E-state index in [2.05, 4.69) is 16.0 Å². The van der Waals surface area contributed by atoms with Gasteiger partial charge in [0.1, 0.15) is 6.04 Å². The van der Waals surface area contributed by atoms with Gasteiger partial charge in [-0.05, 0) is 24.7 Å². The van der Waals surface area contributed by atoms with Crippen LogP contribution in [0.1, 0.15) is 19.3 Å². The third-order valence-corrected chi connectivity index (χ3v) is 3.92. The number of carbonyl (C=O) groups is 2. The molecule has 2 aliphatic rings. The third-order valence-electron chi connectivity index (χ3n) is 3.92. The molecule has 2 fully saturated rings. The maximum atomic E-state index is 11.9. The summed E-state index contributed by atoms with van der Waals surface area (Å²) < 4.78 is 0. The maximum Gasteiger partial charge on any atom is 0.238 e. The summed E-state index contributed by atoms with van der Waals surface area (Å²) in [7, 11) is 0. The summed E-state index contributed by atoms with van der Waals surface area (Å²) in [5.41, 5.74) is 0. The van der Waals surface area contributed by atoms with Crippen LogP contribution in [0.25, 0.3) is 0 Å². The fourth-order valence-corrected chi connectivity index (χ4v) is 2.73. The molecule has 6 heteroatoms. The minimum atomic E-state index is -0.336. The lowest BCUT2D eigenvalue weighted by Gasteiger charge is -2.24. The molecule has 3 unspecified atom stereocenters. The average molecular weight is 255 g/mol. The Balaban J connectivity index is 1.72. The lowest BCUT2D eigenvalue weighted by Crippen LogP contribution is -2.58. The number of amides is 2. The molecule has 4 N–H and O–H groups in total. The highest BCUT2D eigenvalue weighted by atomic mass is 16.3. The van der Waals surface area contributed by atoms with E-state index in [9.17, 15) is 14.7 Å². The minimum absolute atomic E-state index is 0.0708. The molecule has 1 heterocycles. The number of aliphatic hydroxyl groups excluding tert-OH is 1. The molecule has 0 spiro atoms. The zero-order chi connectivity index (χ0) is 13.0. The van der Waals surface area contributed by atoms with Crippen LogP contribution in [0, 0.1) is 11.8 Å². The van der Waals surface area contributed by atoms with Gasteiger partial charge in [0.05, 0.1) is 6.54 Å². The van der Waals surface area contributed by atoms with E-state index in [-0.39, 0.29) is 31.0 Å². The van der Waals surface area contributed by atoms with Crippen molar-refractivity contribution in [2.24, 2.45) is 11.8 Å². The summed E-state index contributed by atoms with van der Waals surface area (Å²) in [5.74, 6) is 0.565. The quantitative estimate of drug-likeness (QED) is 0.497. The Kier molecular flexibility index (Phi) is 4.54. The van der Waals surface area contributed by atoms with Crippen molar-refractivity contribution in [3.63, 3.8) is 0 Å². The molecule has 6 nitrogen and oxygen atoms in total. The van der Waals surface area contributed by atoms with Crippen molar-refractivity contribution in [2.75, 3.05) is 26.2 Å². The Morgan fingerprint density at radius 1 is 1.39 bits per heavy atom. The number of nitrogens with one attached hydrogen (secondary N) is 3. The smallest absolute Gasteiger partial charge is 0.238 e. The van der Waals surface area contributed by atoms with Crippen LogP contribution in [-0.2, 0) is 9.59 Å². The topological polar surface area (TPSA) is 90.5 Å². The lowest BCUT2D eigenvalue weighted by atomic mass is 9.97. The SMILES string of the molecule is O=C1CNC(C(=O)NCC2CCCC2CO)CN1. The van der Waals surface area contributed by atoms with Gasteiger partial charge in [-0.1, -0.05) is 6.42 Å². The van der Waals surface area contributed by atoms with Crippen LogP contribution in [0.5, 0.6) is 0 Å². The van der Waals surface area contributed by atoms with Gasteiger partial charge in [-0.15, -0.1) is 0 Å². The van der Waals surface area contributed by atoms with Gasteiger partial charge in [-0.3, -0.25) is 14.9 Å². The first-order valence-electron chi connectivity index (χ1n) is 6.59. The van der Waals surface area contributed by atoms with E-state index in [0.29, 0.717) is 24.9 Å². The second-order valence-corrected chi connectivity index (χ2v) is 5.12. The molecule has 18 heavy (non-hydrogen) atoms. The van der Waals surface area contributed by atoms with Crippen molar-refractivity contribution in [3.8, 4) is 0 Å². The molecular formula is C12H21N3O3. The summed E-state index contributed by atoms with van der Waals surface area (Å²) >= 11 is 0. The Morgan fingerprint density at radius 3 is 2.83 bits per heavy atom. The van der Waals surface area contributed by atoms with Crippen LogP contribution in [0.2, 0.25) is 0 Å². The number of piperazine rings is 1. The molecule has 0 aromatic rings. The summed E-state index contributed by atoms with van der Waals surface area (Å²) in [5, 5.41) is 17.7. The fraction of sp³-hybridized carbons (Fsp3) is 0.833. The zero-order valence-corrected chi connectivity index (χ0v) is 10.4. The van der Waals surface area contributed by atoms with Crippen molar-refractivity contribution in [3.05, 3.63) is 0 Å². The number of carbonyl (C=O) groups excluding carboxylic acids is 2. The first kappa shape index (κ1) is 13.3. The molecule has 3 atom stereocenters. The molecule has 1 aliphatic carbocycles. The molecule has 0 aromatic carbocycles. The van der Waals surface area contributed by atoms with Crippen molar-refractivity contribution >= 4 is 11.8 Å². The van der Waals surface area contributed by atoms with Crippen LogP contribution < -0.4 is 16.0 Å². The van der Waals surface area contributed by atoms with Gasteiger partial charge in [0, 0.05) is 19.7 Å². The van der Waals surface area contributed by atoms with Gasteiger partial charge in [0.15, 0.2) is 0 Å². The van der Waals surface area contributed by atoms with Gasteiger partial charge >= 0.3 is 0 Å². The fourth-order valence-electron chi connectivity index (χ4n) is 2.73. The first-order valence-corrected chi connectivity index (χ1v) is 6.59. The van der Waals surface area contributed by atoms with E-state index in [1.165, 1.54) is 0 Å². The highest BCUT2D eigenvalue weighted by molar-refractivity contribution is 5.86. The highest BCUT2D eigenvalue weighted by Crippen LogP contribution is 2.30. The molecule has 1 saturated heterocycles. The van der Waals surface area contributed by atoms with E-state index in [4.69, 9.17) is 0 Å². The number of aliphatic hydroxyl groups is 1. The van der Waals surface area contributed by atoms with Crippen LogP contribution in [0.15, 0.2) is 0 Å². The molecular weight excluding hydrogens is 234 g/mol. The van der Waals surface area contributed by atoms with Crippen molar-refractivity contribution in [1.82, 2.24) is 16.0 Å². The Hall–Kier alpha value is -1.14. The van der Waals surface area contributed by atoms with Gasteiger partial charge in [-0.2, -0.15) is 0 Å². The summed E-state index contributed by atoms with van der Waals surface area (Å²) in [6.45, 7) is 1.37. The van der Waals surface area contributed by atoms with Gasteiger partial charge in [-0.25, -0.2) is 0 Å². The Labute approximate surface area is 107 Å². The summed E-state index contributed by atoms with van der Waals surface area (Å²) in [6, 6.07) is -0.336. The van der Waals surface area contributed by atoms with Crippen molar-refractivity contribution < 1.29 is 14.7 Å². The van der Waals surface area contributed by atoms with E-state index < -0.39 is 0 Å². The largest absolute Gasteiger partial charge is 0.396 e. The van der Waals surface area contributed by atoms with Gasteiger partial charge in [0.2, 0.25) is 11.8 Å². The lowest BCUT2D eigenvalue weighted by molar-refractivity contribution is -0.126. The average Bonchev–Trinajstić information content (AvgIpc) is 2.84. The van der Waals surface area contributed by atoms with E-state index >= 15 is 0 Å². The predicted octanol–water partition coefficient (Wildman–Crippen LogP) is -1.40. The standard InChI is InChI=1S/C12H21N3O3/c16-7-9-3-1-2-8(9)4-15-12(18)10-5-14-11(17)6-13-10/h8-10,13,16H,1-7H2,(H,14,17)(H,15,18). The number of hydrogen-bond donors (Lipinski definition) is 4. The van der Waals surface area contributed by atoms with E-state index in [1.807, 2.05) is 0 Å². The first-order chi connectivity index (χ1) is 8.70. The number of hydrogen-bond acceptors (Lipinski definition) is 4. The van der Waals surface area contributed by atoms with Crippen LogP contribution in [-0.4, -0.2) is 49.2 Å². The van der Waals surface area contributed by atoms with Crippen LogP contribution >= 0.6 is 0 Å². The van der Waals surface area contributed by atoms with E-state index in [0.717, 1.165) is 19.3 Å². The monoisotopic (exact) mass is 255 g/mol. The highest BCUT2D eigenvalue weighted by Gasteiger charge is 2.28. The Morgan fingerprint density at radius 2 is 2.17 bits per heavy atom. The van der Waals surface area contributed by atoms with Gasteiger partial charge < -0.3 is 15.7 Å². The minimum Gasteiger partial charge on any atom is -0.396 e. The molecule has 0 bridgehead atoms. The second kappa shape index (κ2) is 6.15. The molecule has 0 aromatic heterocycles. The molecule has 1 aliphatic heterocycles. The van der Waals surface area contributed by atoms with Crippen LogP contribution in [0.3, 0.4) is 0 Å². The third kappa shape index (κ3) is 3.20. The van der Waals surface area contributed by atoms with Crippen molar-refractivity contribution in [1.29, 1.82) is 0 Å². The predicted molar refractivity (Wildman–Crippen MR) is 65.7 cm³/mol. The normalized spacial score (nSPS) is 32.1. The van der Waals surface area contributed by atoms with Crippen LogP contribution in [0.4, 0.5) is 0 Å². The van der Waals surface area contributed by atoms with Gasteiger partial charge in [0.25, 0.3) is 0 Å². The maximum absolute atomic E-state index is 11.9. The molecule has 102 valence electrons. The second-order valence-electron chi connectivity index (χ2n) is 5.12. The molecule has 1 saturated carbocycles. The zero-order valence-electron chi connectivity index (χ0n) is 10.4. The summed E-state index contributed by atoms with van der Waals surface area (Å²) in [4.78, 5) is 22.8. The molecule has 0 radical (unpaired) electrons. The molecule has 2 amide bonds. The molecule has 2 rings (SSSR count). The number of rotatable bonds is 4. The van der Waals surface area contributed by atoms with Crippen molar-refractivity contribution in [2.45, 2.75) is 25.3 Å². The Bertz CT molecular complexity index is 312. The van der Waals surface area contributed by atoms with E-state index in [1.54, 1.807) is 0 Å². The summed E-state index contributed by atoms with van der Waals surface area (Å²) in [6.07, 6.45) is 3.25.